The van der Waals surface area contributed by atoms with Crippen LogP contribution in [0.15, 0.2) is 47.9 Å². The minimum absolute atomic E-state index is 0.682. The van der Waals surface area contributed by atoms with Crippen molar-refractivity contribution >= 4 is 6.34 Å². The average Bonchev–Trinajstić information content (AvgIpc) is 2.23. The summed E-state index contributed by atoms with van der Waals surface area (Å²) in [7, 11) is 0. The third-order valence-electron chi connectivity index (χ3n) is 1.80. The van der Waals surface area contributed by atoms with Crippen LogP contribution in [0.2, 0.25) is 0 Å². The highest BCUT2D eigenvalue weighted by Gasteiger charge is 2.02. The third kappa shape index (κ3) is 2.04. The second-order valence-electron chi connectivity index (χ2n) is 2.94. The van der Waals surface area contributed by atoms with Crippen LogP contribution in [0.3, 0.4) is 0 Å². The predicted octanol–water partition coefficient (Wildman–Crippen LogP) is 1.35. The van der Waals surface area contributed by atoms with E-state index in [0.717, 1.165) is 11.4 Å². The lowest BCUT2D eigenvalue weighted by Gasteiger charge is -2.16. The van der Waals surface area contributed by atoms with Crippen LogP contribution >= 0.6 is 0 Å². The van der Waals surface area contributed by atoms with E-state index in [1.54, 1.807) is 12.5 Å². The molecule has 1 aromatic heterocycles. The number of aromatic nitrogens is 2. The molecular weight excluding hydrogens is 176 g/mol. The molecule has 14 heavy (non-hydrogen) atoms. The highest BCUT2D eigenvalue weighted by Crippen LogP contribution is 2.06. The Morgan fingerprint density at radius 3 is 3.00 bits per heavy atom. The van der Waals surface area contributed by atoms with Crippen molar-refractivity contribution in [2.24, 2.45) is 4.99 Å². The minimum atomic E-state index is 0.682. The van der Waals surface area contributed by atoms with Gasteiger partial charge >= 0.3 is 0 Å². The Bertz CT molecular complexity index is 364. The van der Waals surface area contributed by atoms with E-state index in [-0.39, 0.29) is 0 Å². The Kier molecular flexibility index (Phi) is 2.36. The maximum atomic E-state index is 4.08. The minimum Gasteiger partial charge on any atom is -0.333 e. The molecule has 0 fully saturated rings. The molecule has 4 heteroatoms. The summed E-state index contributed by atoms with van der Waals surface area (Å²) < 4.78 is 0. The van der Waals surface area contributed by atoms with Gasteiger partial charge in [-0.2, -0.15) is 10.2 Å². The van der Waals surface area contributed by atoms with Crippen LogP contribution < -0.4 is 0 Å². The fourth-order valence-corrected chi connectivity index (χ4v) is 1.11. The second kappa shape index (κ2) is 3.83. The Balaban J connectivity index is 2.03. The molecule has 0 amide bonds. The highest BCUT2D eigenvalue weighted by atomic mass is 15.2. The van der Waals surface area contributed by atoms with Crippen molar-refractivity contribution in [2.75, 3.05) is 0 Å². The summed E-state index contributed by atoms with van der Waals surface area (Å²) in [6.07, 6.45) is 7.17. The normalized spacial score (nSPS) is 14.9. The van der Waals surface area contributed by atoms with Gasteiger partial charge in [0, 0.05) is 12.4 Å². The summed E-state index contributed by atoms with van der Waals surface area (Å²) in [6, 6.07) is 3.80. The van der Waals surface area contributed by atoms with E-state index in [9.17, 15) is 0 Å². The second-order valence-corrected chi connectivity index (χ2v) is 2.94. The summed E-state index contributed by atoms with van der Waals surface area (Å²) in [4.78, 5) is 6.01. The van der Waals surface area contributed by atoms with Gasteiger partial charge in [0.2, 0.25) is 0 Å². The van der Waals surface area contributed by atoms with Crippen LogP contribution in [-0.2, 0) is 6.54 Å². The molecule has 1 aliphatic rings. The number of hydrogen-bond acceptors (Lipinski definition) is 4. The molecule has 1 aromatic rings. The average molecular weight is 186 g/mol. The van der Waals surface area contributed by atoms with Crippen molar-refractivity contribution in [3.63, 3.8) is 0 Å². The number of rotatable bonds is 2. The number of aliphatic imine (C=N–C) groups is 1. The molecule has 0 N–H and O–H groups in total. The van der Waals surface area contributed by atoms with Crippen LogP contribution in [0.25, 0.3) is 0 Å². The lowest BCUT2D eigenvalue weighted by atomic mass is 10.3. The van der Waals surface area contributed by atoms with Crippen LogP contribution in [0.4, 0.5) is 0 Å². The Morgan fingerprint density at radius 1 is 1.43 bits per heavy atom. The van der Waals surface area contributed by atoms with Crippen molar-refractivity contribution in [3.05, 3.63) is 48.6 Å². The van der Waals surface area contributed by atoms with Gasteiger partial charge in [-0.3, -0.25) is 0 Å². The van der Waals surface area contributed by atoms with Crippen molar-refractivity contribution in [3.8, 4) is 0 Å². The fourth-order valence-electron chi connectivity index (χ4n) is 1.11. The Morgan fingerprint density at radius 2 is 2.36 bits per heavy atom. The third-order valence-corrected chi connectivity index (χ3v) is 1.80. The zero-order chi connectivity index (χ0) is 9.80. The Labute approximate surface area is 82.3 Å². The van der Waals surface area contributed by atoms with E-state index in [1.165, 1.54) is 0 Å². The Hall–Kier alpha value is -1.97. The van der Waals surface area contributed by atoms with Gasteiger partial charge in [0.05, 0.1) is 24.3 Å². The van der Waals surface area contributed by atoms with Crippen molar-refractivity contribution in [2.45, 2.75) is 6.54 Å². The van der Waals surface area contributed by atoms with E-state index in [0.29, 0.717) is 6.54 Å². The first-order valence-electron chi connectivity index (χ1n) is 4.28. The first kappa shape index (κ1) is 8.62. The molecule has 0 atom stereocenters. The summed E-state index contributed by atoms with van der Waals surface area (Å²) in [5.74, 6) is 0. The topological polar surface area (TPSA) is 41.4 Å². The van der Waals surface area contributed by atoms with Gasteiger partial charge in [0.1, 0.15) is 0 Å². The molecule has 4 nitrogen and oxygen atoms in total. The molecule has 0 spiro atoms. The van der Waals surface area contributed by atoms with Crippen molar-refractivity contribution in [1.82, 2.24) is 15.1 Å². The number of hydrogen-bond donors (Lipinski definition) is 0. The highest BCUT2D eigenvalue weighted by molar-refractivity contribution is 5.61. The van der Waals surface area contributed by atoms with E-state index in [4.69, 9.17) is 0 Å². The molecule has 1 aliphatic heterocycles. The summed E-state index contributed by atoms with van der Waals surface area (Å²) in [6.45, 7) is 4.40. The monoisotopic (exact) mass is 186 g/mol. The molecular formula is C10H10N4. The van der Waals surface area contributed by atoms with E-state index in [2.05, 4.69) is 21.8 Å². The predicted molar refractivity (Wildman–Crippen MR) is 54.3 cm³/mol. The van der Waals surface area contributed by atoms with E-state index in [1.807, 2.05) is 29.3 Å². The van der Waals surface area contributed by atoms with Gasteiger partial charge in [0.15, 0.2) is 0 Å². The fraction of sp³-hybridized carbons (Fsp3) is 0.100. The zero-order valence-electron chi connectivity index (χ0n) is 7.67. The SMILES string of the molecule is C=C1C=CN(Cc2cccnn2)C=N1. The number of nitrogens with zero attached hydrogens (tertiary/aromatic N) is 4. The van der Waals surface area contributed by atoms with Crippen LogP contribution in [0.5, 0.6) is 0 Å². The van der Waals surface area contributed by atoms with Crippen molar-refractivity contribution < 1.29 is 0 Å². The molecule has 0 bridgehead atoms. The molecule has 0 saturated heterocycles. The van der Waals surface area contributed by atoms with Gasteiger partial charge in [-0.25, -0.2) is 4.99 Å². The molecule has 2 heterocycles. The van der Waals surface area contributed by atoms with E-state index >= 15 is 0 Å². The smallest absolute Gasteiger partial charge is 0.0955 e. The molecule has 0 saturated carbocycles. The van der Waals surface area contributed by atoms with E-state index < -0.39 is 0 Å². The first-order chi connectivity index (χ1) is 6.84. The van der Waals surface area contributed by atoms with Crippen LogP contribution in [0.1, 0.15) is 5.69 Å². The molecule has 0 aliphatic carbocycles. The van der Waals surface area contributed by atoms with Crippen molar-refractivity contribution in [1.29, 1.82) is 0 Å². The lowest BCUT2D eigenvalue weighted by Crippen LogP contribution is -2.17. The molecule has 0 radical (unpaired) electrons. The molecule has 0 aromatic carbocycles. The zero-order valence-corrected chi connectivity index (χ0v) is 7.67. The first-order valence-corrected chi connectivity index (χ1v) is 4.28. The van der Waals surface area contributed by atoms with Gasteiger partial charge in [-0.15, -0.1) is 0 Å². The van der Waals surface area contributed by atoms with Gasteiger partial charge in [-0.1, -0.05) is 6.58 Å². The molecule has 0 unspecified atom stereocenters. The molecule has 2 rings (SSSR count). The number of allylic oxidation sites excluding steroid dienone is 1. The van der Waals surface area contributed by atoms with Gasteiger partial charge in [0.25, 0.3) is 0 Å². The lowest BCUT2D eigenvalue weighted by molar-refractivity contribution is 0.547. The summed E-state index contributed by atoms with van der Waals surface area (Å²) in [5.41, 5.74) is 1.68. The standard InChI is InChI=1S/C10H10N4/c1-9-4-6-14(8-11-9)7-10-3-2-5-12-13-10/h2-6,8H,1,7H2. The summed E-state index contributed by atoms with van der Waals surface area (Å²) in [5, 5.41) is 7.78. The summed E-state index contributed by atoms with van der Waals surface area (Å²) >= 11 is 0. The van der Waals surface area contributed by atoms with Crippen LogP contribution in [-0.4, -0.2) is 21.4 Å². The molecule has 70 valence electrons. The quantitative estimate of drug-likeness (QED) is 0.700. The van der Waals surface area contributed by atoms with Crippen LogP contribution in [0, 0.1) is 0 Å². The van der Waals surface area contributed by atoms with Gasteiger partial charge in [-0.05, 0) is 18.2 Å². The van der Waals surface area contributed by atoms with Gasteiger partial charge < -0.3 is 4.90 Å². The maximum Gasteiger partial charge on any atom is 0.0955 e. The largest absolute Gasteiger partial charge is 0.333 e. The maximum absolute atomic E-state index is 4.08.